The molecule has 5 heteroatoms. The van der Waals surface area contributed by atoms with E-state index in [9.17, 15) is 4.79 Å². The molecule has 0 aromatic carbocycles. The molecule has 2 unspecified atom stereocenters. The fourth-order valence-electron chi connectivity index (χ4n) is 3.76. The molecule has 5 nitrogen and oxygen atoms in total. The van der Waals surface area contributed by atoms with E-state index in [0.29, 0.717) is 5.92 Å². The number of likely N-dealkylation sites (N-methyl/N-ethyl adjacent to an activating group) is 2. The van der Waals surface area contributed by atoms with Gasteiger partial charge in [-0.15, -0.1) is 0 Å². The Balaban J connectivity index is 1.89. The first-order chi connectivity index (χ1) is 9.62. The first-order valence-corrected chi connectivity index (χ1v) is 7.80. The third-order valence-corrected chi connectivity index (χ3v) is 5.21. The zero-order chi connectivity index (χ0) is 14.6. The first-order valence-electron chi connectivity index (χ1n) is 7.80. The van der Waals surface area contributed by atoms with Gasteiger partial charge < -0.3 is 19.9 Å². The number of nitrogens with one attached hydrogen (secondary N) is 1. The zero-order valence-electron chi connectivity index (χ0n) is 13.2. The van der Waals surface area contributed by atoms with Crippen molar-refractivity contribution in [2.45, 2.75) is 31.2 Å². The molecule has 116 valence electrons. The average molecular weight is 283 g/mol. The molecule has 0 bridgehead atoms. The molecule has 2 atom stereocenters. The highest BCUT2D eigenvalue weighted by Gasteiger charge is 2.48. The number of carbonyl (C=O) groups is 1. The van der Waals surface area contributed by atoms with Crippen LogP contribution in [0.25, 0.3) is 0 Å². The van der Waals surface area contributed by atoms with Crippen LogP contribution >= 0.6 is 0 Å². The highest BCUT2D eigenvalue weighted by atomic mass is 16.5. The Hall–Kier alpha value is -0.650. The highest BCUT2D eigenvalue weighted by molar-refractivity contribution is 5.81. The maximum Gasteiger partial charge on any atom is 0.326 e. The lowest BCUT2D eigenvalue weighted by atomic mass is 9.84. The second-order valence-electron chi connectivity index (χ2n) is 6.24. The van der Waals surface area contributed by atoms with Gasteiger partial charge in [-0.3, -0.25) is 4.79 Å². The summed E-state index contributed by atoms with van der Waals surface area (Å²) in [5, 5.41) is 3.27. The Morgan fingerprint density at radius 2 is 2.05 bits per heavy atom. The van der Waals surface area contributed by atoms with Gasteiger partial charge in [0.25, 0.3) is 0 Å². The lowest BCUT2D eigenvalue weighted by molar-refractivity contribution is -0.150. The van der Waals surface area contributed by atoms with E-state index >= 15 is 0 Å². The largest absolute Gasteiger partial charge is 0.468 e. The maximum absolute atomic E-state index is 12.2. The van der Waals surface area contributed by atoms with Crippen LogP contribution in [0.4, 0.5) is 0 Å². The lowest BCUT2D eigenvalue weighted by Gasteiger charge is -2.36. The Kier molecular flexibility index (Phi) is 5.41. The van der Waals surface area contributed by atoms with Crippen molar-refractivity contribution in [3.05, 3.63) is 0 Å². The molecule has 1 N–H and O–H groups in total. The molecule has 1 aliphatic carbocycles. The van der Waals surface area contributed by atoms with Gasteiger partial charge in [-0.05, 0) is 45.8 Å². The van der Waals surface area contributed by atoms with Crippen LogP contribution in [0.15, 0.2) is 0 Å². The molecule has 2 rings (SSSR count). The van der Waals surface area contributed by atoms with Crippen LogP contribution in [0.2, 0.25) is 0 Å². The number of piperazine rings is 1. The number of esters is 1. The molecular formula is C15H29N3O2. The van der Waals surface area contributed by atoms with E-state index < -0.39 is 5.54 Å². The first kappa shape index (κ1) is 15.7. The Bertz CT molecular complexity index is 329. The van der Waals surface area contributed by atoms with Crippen molar-refractivity contribution < 1.29 is 9.53 Å². The van der Waals surface area contributed by atoms with Gasteiger partial charge in [-0.1, -0.05) is 6.42 Å². The van der Waals surface area contributed by atoms with Crippen molar-refractivity contribution in [1.29, 1.82) is 0 Å². The van der Waals surface area contributed by atoms with Crippen molar-refractivity contribution in [3.63, 3.8) is 0 Å². The second kappa shape index (κ2) is 6.87. The summed E-state index contributed by atoms with van der Waals surface area (Å²) in [6.07, 6.45) is 4.23. The van der Waals surface area contributed by atoms with Gasteiger partial charge in [0, 0.05) is 26.2 Å². The standard InChI is InChI=1S/C15H29N3O2/c1-16-15(14(19)20-3)7-4-5-13(15)6-8-18-11-9-17(2)10-12-18/h13,16H,4-12H2,1-3H3. The summed E-state index contributed by atoms with van der Waals surface area (Å²) in [6.45, 7) is 5.69. The molecule has 20 heavy (non-hydrogen) atoms. The quantitative estimate of drug-likeness (QED) is 0.747. The highest BCUT2D eigenvalue weighted by Crippen LogP contribution is 2.38. The second-order valence-corrected chi connectivity index (χ2v) is 6.24. The van der Waals surface area contributed by atoms with Gasteiger partial charge in [0.1, 0.15) is 5.54 Å². The van der Waals surface area contributed by atoms with E-state index in [1.54, 1.807) is 0 Å². The molecular weight excluding hydrogens is 254 g/mol. The van der Waals surface area contributed by atoms with Crippen molar-refractivity contribution in [2.24, 2.45) is 5.92 Å². The molecule has 0 amide bonds. The van der Waals surface area contributed by atoms with Gasteiger partial charge in [0.2, 0.25) is 0 Å². The smallest absolute Gasteiger partial charge is 0.326 e. The Morgan fingerprint density at radius 3 is 2.65 bits per heavy atom. The average Bonchev–Trinajstić information content (AvgIpc) is 2.90. The molecule has 2 aliphatic rings. The zero-order valence-corrected chi connectivity index (χ0v) is 13.2. The number of hydrogen-bond acceptors (Lipinski definition) is 5. The van der Waals surface area contributed by atoms with Crippen molar-refractivity contribution >= 4 is 5.97 Å². The van der Waals surface area contributed by atoms with Crippen LogP contribution in [-0.2, 0) is 9.53 Å². The fourth-order valence-corrected chi connectivity index (χ4v) is 3.76. The summed E-state index contributed by atoms with van der Waals surface area (Å²) >= 11 is 0. The van der Waals surface area contributed by atoms with Gasteiger partial charge in [0.15, 0.2) is 0 Å². The van der Waals surface area contributed by atoms with Crippen LogP contribution in [0.3, 0.4) is 0 Å². The van der Waals surface area contributed by atoms with Crippen molar-refractivity contribution in [3.8, 4) is 0 Å². The number of nitrogens with zero attached hydrogens (tertiary/aromatic N) is 2. The van der Waals surface area contributed by atoms with Crippen LogP contribution < -0.4 is 5.32 Å². The van der Waals surface area contributed by atoms with E-state index in [4.69, 9.17) is 4.74 Å². The van der Waals surface area contributed by atoms with E-state index in [2.05, 4.69) is 22.2 Å². The van der Waals surface area contributed by atoms with Gasteiger partial charge in [-0.2, -0.15) is 0 Å². The lowest BCUT2D eigenvalue weighted by Crippen LogP contribution is -2.54. The summed E-state index contributed by atoms with van der Waals surface area (Å²) in [7, 11) is 5.57. The summed E-state index contributed by atoms with van der Waals surface area (Å²) in [5.74, 6) is 0.320. The van der Waals surface area contributed by atoms with Gasteiger partial charge in [-0.25, -0.2) is 0 Å². The van der Waals surface area contributed by atoms with Crippen LogP contribution in [0.5, 0.6) is 0 Å². The van der Waals surface area contributed by atoms with E-state index in [1.165, 1.54) is 7.11 Å². The molecule has 0 aromatic rings. The molecule has 1 aliphatic heterocycles. The van der Waals surface area contributed by atoms with Crippen LogP contribution in [0, 0.1) is 5.92 Å². The van der Waals surface area contributed by atoms with E-state index in [1.807, 2.05) is 7.05 Å². The molecule has 0 aromatic heterocycles. The summed E-state index contributed by atoms with van der Waals surface area (Å²) in [4.78, 5) is 17.1. The minimum absolute atomic E-state index is 0.0825. The van der Waals surface area contributed by atoms with E-state index in [-0.39, 0.29) is 5.97 Å². The molecule has 0 radical (unpaired) electrons. The predicted molar refractivity (Wildman–Crippen MR) is 79.7 cm³/mol. The summed E-state index contributed by atoms with van der Waals surface area (Å²) < 4.78 is 5.04. The van der Waals surface area contributed by atoms with E-state index in [0.717, 1.165) is 58.4 Å². The molecule has 1 saturated heterocycles. The maximum atomic E-state index is 12.2. The number of methoxy groups -OCH3 is 1. The van der Waals surface area contributed by atoms with Crippen molar-refractivity contribution in [1.82, 2.24) is 15.1 Å². The van der Waals surface area contributed by atoms with Crippen LogP contribution in [-0.4, -0.2) is 75.2 Å². The van der Waals surface area contributed by atoms with Crippen molar-refractivity contribution in [2.75, 3.05) is 53.9 Å². The fraction of sp³-hybridized carbons (Fsp3) is 0.933. The molecule has 1 heterocycles. The van der Waals surface area contributed by atoms with Gasteiger partial charge in [0.05, 0.1) is 7.11 Å². The Morgan fingerprint density at radius 1 is 1.35 bits per heavy atom. The summed E-state index contributed by atoms with van der Waals surface area (Å²) in [6, 6.07) is 0. The van der Waals surface area contributed by atoms with Crippen LogP contribution in [0.1, 0.15) is 25.7 Å². The van der Waals surface area contributed by atoms with Gasteiger partial charge >= 0.3 is 5.97 Å². The molecule has 1 saturated carbocycles. The minimum Gasteiger partial charge on any atom is -0.468 e. The molecule has 2 fully saturated rings. The third-order valence-electron chi connectivity index (χ3n) is 5.21. The Labute approximate surface area is 122 Å². The minimum atomic E-state index is -0.443. The number of rotatable bonds is 5. The number of ether oxygens (including phenoxy) is 1. The number of carbonyl (C=O) groups excluding carboxylic acids is 1. The monoisotopic (exact) mass is 283 g/mol. The molecule has 0 spiro atoms. The SMILES string of the molecule is CNC1(C(=O)OC)CCCC1CCN1CCN(C)CC1. The normalized spacial score (nSPS) is 32.5. The summed E-state index contributed by atoms with van der Waals surface area (Å²) in [5.41, 5.74) is -0.443. The predicted octanol–water partition coefficient (Wildman–Crippen LogP) is 0.555. The topological polar surface area (TPSA) is 44.8 Å². The number of hydrogen-bond donors (Lipinski definition) is 1. The third kappa shape index (κ3) is 3.15.